The van der Waals surface area contributed by atoms with Crippen LogP contribution < -0.4 is 4.74 Å². The molecule has 8 nitrogen and oxygen atoms in total. The normalized spacial score (nSPS) is 24.6. The first-order valence-corrected chi connectivity index (χ1v) is 12.4. The number of aliphatic hydroxyl groups excluding tert-OH is 2. The third-order valence-electron chi connectivity index (χ3n) is 5.85. The average molecular weight is 465 g/mol. The first kappa shape index (κ1) is 24.5. The predicted octanol–water partition coefficient (Wildman–Crippen LogP) is 1.06. The number of ether oxygens (including phenoxy) is 1. The highest BCUT2D eigenvalue weighted by Gasteiger charge is 2.39. The van der Waals surface area contributed by atoms with Crippen LogP contribution in [0.25, 0.3) is 0 Å². The zero-order valence-corrected chi connectivity index (χ0v) is 19.8. The van der Waals surface area contributed by atoms with E-state index in [9.17, 15) is 23.4 Å². The van der Waals surface area contributed by atoms with Crippen LogP contribution in [0.5, 0.6) is 5.75 Å². The fraction of sp³-hybridized carbons (Fsp3) is 0.609. The molecule has 9 heteroatoms. The number of hydrogen-bond donors (Lipinski definition) is 2. The molecule has 0 spiro atoms. The molecule has 1 amide bonds. The summed E-state index contributed by atoms with van der Waals surface area (Å²) in [5.74, 6) is 5.52. The smallest absolute Gasteiger partial charge is 0.247 e. The standard InChI is InChI=1S/C23H32N2O6S/c1-15-12-25(16(2)14-26)32(29,30)22-10-7-18(6-5-17(3)27)11-20(22)31-21(15)13-24(4)23(28)19-8-9-19/h7,10-11,15-17,19,21,26-27H,8-9,12-14H2,1-4H3/t15-,16+,17+,21+/m0/s1. The Kier molecular flexibility index (Phi) is 7.50. The lowest BCUT2D eigenvalue weighted by molar-refractivity contribution is -0.132. The topological polar surface area (TPSA) is 107 Å². The minimum absolute atomic E-state index is 0.00605. The van der Waals surface area contributed by atoms with Crippen LogP contribution in [0.1, 0.15) is 39.2 Å². The second-order valence-electron chi connectivity index (χ2n) is 8.84. The Bertz CT molecular complexity index is 1010. The number of hydrogen-bond acceptors (Lipinski definition) is 6. The molecule has 0 saturated heterocycles. The van der Waals surface area contributed by atoms with Crippen molar-refractivity contribution in [3.63, 3.8) is 0 Å². The van der Waals surface area contributed by atoms with E-state index >= 15 is 0 Å². The van der Waals surface area contributed by atoms with E-state index in [0.717, 1.165) is 12.8 Å². The van der Waals surface area contributed by atoms with Gasteiger partial charge in [0.1, 0.15) is 22.9 Å². The number of amides is 1. The van der Waals surface area contributed by atoms with E-state index < -0.39 is 28.3 Å². The van der Waals surface area contributed by atoms with E-state index in [4.69, 9.17) is 4.74 Å². The van der Waals surface area contributed by atoms with Gasteiger partial charge in [-0.3, -0.25) is 4.79 Å². The number of likely N-dealkylation sites (N-methyl/N-ethyl adjacent to an activating group) is 1. The van der Waals surface area contributed by atoms with Gasteiger partial charge in [0, 0.05) is 37.0 Å². The summed E-state index contributed by atoms with van der Waals surface area (Å²) in [6.45, 7) is 5.25. The van der Waals surface area contributed by atoms with Crippen LogP contribution in [-0.2, 0) is 14.8 Å². The predicted molar refractivity (Wildman–Crippen MR) is 119 cm³/mol. The van der Waals surface area contributed by atoms with Gasteiger partial charge in [-0.05, 0) is 44.9 Å². The molecule has 2 aliphatic rings. The largest absolute Gasteiger partial charge is 0.487 e. The minimum Gasteiger partial charge on any atom is -0.487 e. The molecule has 1 aromatic carbocycles. The van der Waals surface area contributed by atoms with Crippen molar-refractivity contribution in [1.82, 2.24) is 9.21 Å². The number of carbonyl (C=O) groups is 1. The number of rotatable bonds is 5. The summed E-state index contributed by atoms with van der Waals surface area (Å²) in [5, 5.41) is 19.2. The molecule has 0 aromatic heterocycles. The number of fused-ring (bicyclic) bond motifs is 1. The third-order valence-corrected chi connectivity index (χ3v) is 7.87. The molecule has 176 valence electrons. The van der Waals surface area contributed by atoms with Gasteiger partial charge in [0.2, 0.25) is 15.9 Å². The summed E-state index contributed by atoms with van der Waals surface area (Å²) in [4.78, 5) is 14.2. The Balaban J connectivity index is 2.03. The summed E-state index contributed by atoms with van der Waals surface area (Å²) in [6, 6.07) is 3.95. The van der Waals surface area contributed by atoms with Gasteiger partial charge in [-0.15, -0.1) is 0 Å². The van der Waals surface area contributed by atoms with Gasteiger partial charge >= 0.3 is 0 Å². The molecule has 1 aliphatic carbocycles. The molecule has 32 heavy (non-hydrogen) atoms. The number of nitrogens with zero attached hydrogens (tertiary/aromatic N) is 2. The zero-order valence-electron chi connectivity index (χ0n) is 19.0. The summed E-state index contributed by atoms with van der Waals surface area (Å²) in [5.41, 5.74) is 0.510. The molecule has 1 aliphatic heterocycles. The maximum atomic E-state index is 13.4. The molecule has 2 N–H and O–H groups in total. The molecule has 1 saturated carbocycles. The van der Waals surface area contributed by atoms with Crippen molar-refractivity contribution < 1.29 is 28.2 Å². The van der Waals surface area contributed by atoms with Crippen LogP contribution in [0.2, 0.25) is 0 Å². The molecule has 0 bridgehead atoms. The highest BCUT2D eigenvalue weighted by Crippen LogP contribution is 2.35. The number of carbonyl (C=O) groups excluding carboxylic acids is 1. The van der Waals surface area contributed by atoms with Gasteiger partial charge < -0.3 is 19.8 Å². The first-order valence-electron chi connectivity index (χ1n) is 10.9. The van der Waals surface area contributed by atoms with Gasteiger partial charge in [0.25, 0.3) is 0 Å². The quantitative estimate of drug-likeness (QED) is 0.631. The molecule has 4 atom stereocenters. The SMILES string of the molecule is C[C@H](CO)N1C[C@H](C)[C@@H](CN(C)C(=O)C2CC2)Oc2cc(C#C[C@@H](C)O)ccc2S1(=O)=O. The van der Waals surface area contributed by atoms with Crippen LogP contribution in [0, 0.1) is 23.7 Å². The number of sulfonamides is 1. The molecule has 0 unspecified atom stereocenters. The Morgan fingerprint density at radius 3 is 2.62 bits per heavy atom. The Labute approximate surface area is 190 Å². The Morgan fingerprint density at radius 1 is 1.34 bits per heavy atom. The van der Waals surface area contributed by atoms with Crippen molar-refractivity contribution in [1.29, 1.82) is 0 Å². The highest BCUT2D eigenvalue weighted by atomic mass is 32.2. The van der Waals surface area contributed by atoms with E-state index in [1.165, 1.54) is 10.4 Å². The summed E-state index contributed by atoms with van der Waals surface area (Å²) < 4.78 is 34.4. The van der Waals surface area contributed by atoms with Crippen molar-refractivity contribution in [3.8, 4) is 17.6 Å². The monoisotopic (exact) mass is 464 g/mol. The van der Waals surface area contributed by atoms with Crippen molar-refractivity contribution in [3.05, 3.63) is 23.8 Å². The maximum Gasteiger partial charge on any atom is 0.247 e. The average Bonchev–Trinajstić information content (AvgIpc) is 3.58. The molecular weight excluding hydrogens is 432 g/mol. The van der Waals surface area contributed by atoms with Gasteiger partial charge in [0.15, 0.2) is 0 Å². The van der Waals surface area contributed by atoms with E-state index in [-0.39, 0.29) is 41.5 Å². The van der Waals surface area contributed by atoms with Crippen LogP contribution in [0.3, 0.4) is 0 Å². The van der Waals surface area contributed by atoms with E-state index in [1.54, 1.807) is 37.9 Å². The fourth-order valence-corrected chi connectivity index (χ4v) is 5.54. The van der Waals surface area contributed by atoms with Crippen molar-refractivity contribution in [2.24, 2.45) is 11.8 Å². The summed E-state index contributed by atoms with van der Waals surface area (Å²) >= 11 is 0. The van der Waals surface area contributed by atoms with Gasteiger partial charge in [-0.25, -0.2) is 8.42 Å². The Hall–Kier alpha value is -2.12. The second kappa shape index (κ2) is 9.79. The molecular formula is C23H32N2O6S. The number of benzene rings is 1. The lowest BCUT2D eigenvalue weighted by Gasteiger charge is -2.37. The molecule has 1 aromatic rings. The number of aliphatic hydroxyl groups is 2. The van der Waals surface area contributed by atoms with Crippen LogP contribution in [0.15, 0.2) is 23.1 Å². The minimum atomic E-state index is -3.94. The van der Waals surface area contributed by atoms with Crippen LogP contribution >= 0.6 is 0 Å². The fourth-order valence-electron chi connectivity index (χ4n) is 3.71. The van der Waals surface area contributed by atoms with Crippen LogP contribution in [0.4, 0.5) is 0 Å². The zero-order chi connectivity index (χ0) is 23.6. The summed E-state index contributed by atoms with van der Waals surface area (Å²) in [6.07, 6.45) is 0.527. The van der Waals surface area contributed by atoms with E-state index in [0.29, 0.717) is 12.1 Å². The molecule has 1 fully saturated rings. The summed E-state index contributed by atoms with van der Waals surface area (Å²) in [7, 11) is -2.19. The third kappa shape index (κ3) is 5.44. The van der Waals surface area contributed by atoms with Gasteiger partial charge in [0.05, 0.1) is 13.2 Å². The van der Waals surface area contributed by atoms with Gasteiger partial charge in [-0.1, -0.05) is 18.8 Å². The Morgan fingerprint density at radius 2 is 2.03 bits per heavy atom. The van der Waals surface area contributed by atoms with Crippen LogP contribution in [-0.4, -0.2) is 78.7 Å². The molecule has 0 radical (unpaired) electrons. The lowest BCUT2D eigenvalue weighted by Crippen LogP contribution is -2.50. The van der Waals surface area contributed by atoms with Gasteiger partial charge in [-0.2, -0.15) is 4.31 Å². The maximum absolute atomic E-state index is 13.4. The highest BCUT2D eigenvalue weighted by molar-refractivity contribution is 7.89. The van der Waals surface area contributed by atoms with E-state index in [2.05, 4.69) is 11.8 Å². The van der Waals surface area contributed by atoms with E-state index in [1.807, 2.05) is 6.92 Å². The molecule has 3 rings (SSSR count). The van der Waals surface area contributed by atoms with Crippen molar-refractivity contribution >= 4 is 15.9 Å². The van der Waals surface area contributed by atoms with Crippen molar-refractivity contribution in [2.45, 2.75) is 56.8 Å². The molecule has 1 heterocycles. The lowest BCUT2D eigenvalue weighted by atomic mass is 10.0. The second-order valence-corrected chi connectivity index (χ2v) is 10.7. The first-order chi connectivity index (χ1) is 15.0. The van der Waals surface area contributed by atoms with Crippen molar-refractivity contribution in [2.75, 3.05) is 26.7 Å².